The first-order valence-electron chi connectivity index (χ1n) is 3.54. The van der Waals surface area contributed by atoms with Gasteiger partial charge in [0.1, 0.15) is 0 Å². The van der Waals surface area contributed by atoms with Gasteiger partial charge in [-0.05, 0) is 19.1 Å². The summed E-state index contributed by atoms with van der Waals surface area (Å²) in [5.74, 6) is 0.136. The number of carbonyl (C=O) groups excluding carboxylic acids is 1. The van der Waals surface area contributed by atoms with Crippen LogP contribution in [-0.4, -0.2) is 15.7 Å². The van der Waals surface area contributed by atoms with E-state index in [1.54, 1.807) is 0 Å². The molecule has 0 aliphatic rings. The van der Waals surface area contributed by atoms with Gasteiger partial charge in [0, 0.05) is 12.7 Å². The predicted molar refractivity (Wildman–Crippen MR) is 48.2 cm³/mol. The first-order chi connectivity index (χ1) is 5.29. The molecule has 1 aromatic rings. The van der Waals surface area contributed by atoms with Crippen LogP contribution in [0.25, 0.3) is 0 Å². The lowest BCUT2D eigenvalue weighted by atomic mass is 10.3. The standard InChI is InChI=1S/C8H10BrNO/c1-2-10-5-3-4-7(10)8(11)6-9/h3-5H,2,6H2,1H3. The Morgan fingerprint density at radius 3 is 3.00 bits per heavy atom. The number of carbonyl (C=O) groups is 1. The van der Waals surface area contributed by atoms with Crippen molar-refractivity contribution in [2.24, 2.45) is 0 Å². The van der Waals surface area contributed by atoms with Crippen LogP contribution in [0.2, 0.25) is 0 Å². The van der Waals surface area contributed by atoms with E-state index < -0.39 is 0 Å². The van der Waals surface area contributed by atoms with Crippen LogP contribution in [0.1, 0.15) is 17.4 Å². The van der Waals surface area contributed by atoms with Gasteiger partial charge in [0.15, 0.2) is 5.78 Å². The summed E-state index contributed by atoms with van der Waals surface area (Å²) in [4.78, 5) is 11.2. The highest BCUT2D eigenvalue weighted by Gasteiger charge is 2.06. The molecule has 0 N–H and O–H groups in total. The van der Waals surface area contributed by atoms with E-state index in [9.17, 15) is 4.79 Å². The Hall–Kier alpha value is -0.570. The molecule has 0 fully saturated rings. The smallest absolute Gasteiger partial charge is 0.189 e. The maximum atomic E-state index is 11.2. The number of rotatable bonds is 3. The normalized spacial score (nSPS) is 10.0. The van der Waals surface area contributed by atoms with Crippen molar-refractivity contribution in [2.45, 2.75) is 13.5 Å². The largest absolute Gasteiger partial charge is 0.345 e. The summed E-state index contributed by atoms with van der Waals surface area (Å²) in [6.07, 6.45) is 1.91. The van der Waals surface area contributed by atoms with Crippen molar-refractivity contribution in [3.05, 3.63) is 24.0 Å². The van der Waals surface area contributed by atoms with Crippen LogP contribution in [0, 0.1) is 0 Å². The molecule has 0 spiro atoms. The molecule has 0 saturated carbocycles. The fraction of sp³-hybridized carbons (Fsp3) is 0.375. The fourth-order valence-corrected chi connectivity index (χ4v) is 1.30. The van der Waals surface area contributed by atoms with E-state index in [2.05, 4.69) is 15.9 Å². The molecule has 0 saturated heterocycles. The highest BCUT2D eigenvalue weighted by atomic mass is 79.9. The third-order valence-electron chi connectivity index (χ3n) is 1.58. The van der Waals surface area contributed by atoms with Gasteiger partial charge >= 0.3 is 0 Å². The van der Waals surface area contributed by atoms with Gasteiger partial charge in [0.05, 0.1) is 11.0 Å². The molecular weight excluding hydrogens is 206 g/mol. The number of aromatic nitrogens is 1. The summed E-state index contributed by atoms with van der Waals surface area (Å²) in [7, 11) is 0. The van der Waals surface area contributed by atoms with Gasteiger partial charge in [-0.15, -0.1) is 0 Å². The van der Waals surface area contributed by atoms with Crippen LogP contribution in [0.4, 0.5) is 0 Å². The van der Waals surface area contributed by atoms with Gasteiger partial charge < -0.3 is 4.57 Å². The Balaban J connectivity index is 2.92. The number of ketones is 1. The summed E-state index contributed by atoms with van der Waals surface area (Å²) < 4.78 is 1.93. The van der Waals surface area contributed by atoms with Gasteiger partial charge in [-0.1, -0.05) is 15.9 Å². The molecule has 0 radical (unpaired) electrons. The molecule has 0 amide bonds. The lowest BCUT2D eigenvalue weighted by Crippen LogP contribution is -2.07. The number of hydrogen-bond donors (Lipinski definition) is 0. The highest BCUT2D eigenvalue weighted by molar-refractivity contribution is 9.09. The number of alkyl halides is 1. The zero-order valence-corrected chi connectivity index (χ0v) is 7.97. The zero-order chi connectivity index (χ0) is 8.27. The van der Waals surface area contributed by atoms with Crippen molar-refractivity contribution in [1.29, 1.82) is 0 Å². The first-order valence-corrected chi connectivity index (χ1v) is 4.66. The first kappa shape index (κ1) is 8.53. The van der Waals surface area contributed by atoms with Crippen molar-refractivity contribution in [3.63, 3.8) is 0 Å². The molecule has 0 aliphatic carbocycles. The van der Waals surface area contributed by atoms with E-state index in [4.69, 9.17) is 0 Å². The molecule has 0 aromatic carbocycles. The molecule has 2 nitrogen and oxygen atoms in total. The number of aryl methyl sites for hydroxylation is 1. The molecule has 0 bridgehead atoms. The van der Waals surface area contributed by atoms with Gasteiger partial charge in [-0.3, -0.25) is 4.79 Å². The van der Waals surface area contributed by atoms with Crippen LogP contribution in [0.3, 0.4) is 0 Å². The third kappa shape index (κ3) is 1.71. The second kappa shape index (κ2) is 3.72. The average molecular weight is 216 g/mol. The minimum Gasteiger partial charge on any atom is -0.345 e. The fourth-order valence-electron chi connectivity index (χ4n) is 1.01. The Morgan fingerprint density at radius 2 is 2.45 bits per heavy atom. The van der Waals surface area contributed by atoms with E-state index in [0.29, 0.717) is 5.33 Å². The van der Waals surface area contributed by atoms with Crippen molar-refractivity contribution in [2.75, 3.05) is 5.33 Å². The minimum absolute atomic E-state index is 0.136. The van der Waals surface area contributed by atoms with E-state index in [1.165, 1.54) is 0 Å². The van der Waals surface area contributed by atoms with Crippen molar-refractivity contribution in [3.8, 4) is 0 Å². The van der Waals surface area contributed by atoms with Crippen LogP contribution >= 0.6 is 15.9 Å². The van der Waals surface area contributed by atoms with Crippen molar-refractivity contribution >= 4 is 21.7 Å². The van der Waals surface area contributed by atoms with E-state index in [-0.39, 0.29) is 5.78 Å². The molecule has 1 heterocycles. The Kier molecular flexibility index (Phi) is 2.88. The van der Waals surface area contributed by atoms with Crippen LogP contribution in [-0.2, 0) is 6.54 Å². The Bertz CT molecular complexity index is 254. The lowest BCUT2D eigenvalue weighted by Gasteiger charge is -2.01. The monoisotopic (exact) mass is 215 g/mol. The predicted octanol–water partition coefficient (Wildman–Crippen LogP) is 2.09. The maximum absolute atomic E-state index is 11.2. The van der Waals surface area contributed by atoms with Crippen LogP contribution in [0.15, 0.2) is 18.3 Å². The second-order valence-electron chi connectivity index (χ2n) is 2.24. The number of hydrogen-bond acceptors (Lipinski definition) is 1. The molecule has 60 valence electrons. The molecule has 1 rings (SSSR count). The SMILES string of the molecule is CCn1cccc1C(=O)CBr. The molecule has 11 heavy (non-hydrogen) atoms. The topological polar surface area (TPSA) is 22.0 Å². The third-order valence-corrected chi connectivity index (χ3v) is 2.09. The van der Waals surface area contributed by atoms with Crippen molar-refractivity contribution < 1.29 is 4.79 Å². The molecule has 0 unspecified atom stereocenters. The van der Waals surface area contributed by atoms with Gasteiger partial charge in [0.2, 0.25) is 0 Å². The summed E-state index contributed by atoms with van der Waals surface area (Å²) in [6, 6.07) is 3.73. The lowest BCUT2D eigenvalue weighted by molar-refractivity contribution is 0.101. The summed E-state index contributed by atoms with van der Waals surface area (Å²) in [6.45, 7) is 2.87. The summed E-state index contributed by atoms with van der Waals surface area (Å²) in [5.41, 5.74) is 0.782. The number of nitrogens with zero attached hydrogens (tertiary/aromatic N) is 1. The Labute approximate surface area is 74.3 Å². The Morgan fingerprint density at radius 1 is 1.73 bits per heavy atom. The summed E-state index contributed by atoms with van der Waals surface area (Å²) >= 11 is 3.14. The molecular formula is C8H10BrNO. The van der Waals surface area contributed by atoms with E-state index in [0.717, 1.165) is 12.2 Å². The quantitative estimate of drug-likeness (QED) is 0.560. The van der Waals surface area contributed by atoms with E-state index >= 15 is 0 Å². The van der Waals surface area contributed by atoms with Gasteiger partial charge in [0.25, 0.3) is 0 Å². The van der Waals surface area contributed by atoms with Crippen LogP contribution in [0.5, 0.6) is 0 Å². The van der Waals surface area contributed by atoms with Crippen LogP contribution < -0.4 is 0 Å². The zero-order valence-electron chi connectivity index (χ0n) is 6.38. The number of halogens is 1. The number of Topliss-reactive ketones (excluding diaryl/α,β-unsaturated/α-hetero) is 1. The van der Waals surface area contributed by atoms with Gasteiger partial charge in [-0.25, -0.2) is 0 Å². The summed E-state index contributed by atoms with van der Waals surface area (Å²) in [5, 5.41) is 0.400. The molecule has 1 aromatic heterocycles. The molecule has 3 heteroatoms. The van der Waals surface area contributed by atoms with E-state index in [1.807, 2.05) is 29.8 Å². The second-order valence-corrected chi connectivity index (χ2v) is 2.80. The molecule has 0 atom stereocenters. The molecule has 0 aliphatic heterocycles. The maximum Gasteiger partial charge on any atom is 0.189 e. The highest BCUT2D eigenvalue weighted by Crippen LogP contribution is 2.04. The van der Waals surface area contributed by atoms with Gasteiger partial charge in [-0.2, -0.15) is 0 Å². The average Bonchev–Trinajstić information content (AvgIpc) is 2.50. The minimum atomic E-state index is 0.136. The van der Waals surface area contributed by atoms with Crippen molar-refractivity contribution in [1.82, 2.24) is 4.57 Å².